The highest BCUT2D eigenvalue weighted by Gasteiger charge is 2.18. The molecular weight excluding hydrogens is 256 g/mol. The summed E-state index contributed by atoms with van der Waals surface area (Å²) in [7, 11) is 0. The Bertz CT molecular complexity index is 455. The number of aliphatic carboxylic acids is 1. The first-order valence-electron chi connectivity index (χ1n) is 6.74. The van der Waals surface area contributed by atoms with Crippen molar-refractivity contribution in [3.63, 3.8) is 0 Å². The van der Waals surface area contributed by atoms with Gasteiger partial charge in [0.25, 0.3) is 0 Å². The highest BCUT2D eigenvalue weighted by atomic mass is 16.4. The first-order chi connectivity index (χ1) is 9.42. The molecule has 1 rings (SSSR count). The summed E-state index contributed by atoms with van der Waals surface area (Å²) in [4.78, 5) is 22.6. The summed E-state index contributed by atoms with van der Waals surface area (Å²) < 4.78 is 0. The molecule has 0 heterocycles. The molecule has 5 nitrogen and oxygen atoms in total. The lowest BCUT2D eigenvalue weighted by Crippen LogP contribution is -2.30. The van der Waals surface area contributed by atoms with E-state index < -0.39 is 5.97 Å². The van der Waals surface area contributed by atoms with Gasteiger partial charge in [0.05, 0.1) is 12.3 Å². The van der Waals surface area contributed by atoms with Crippen molar-refractivity contribution in [3.8, 4) is 0 Å². The van der Waals surface area contributed by atoms with Crippen molar-refractivity contribution in [3.05, 3.63) is 29.8 Å². The summed E-state index contributed by atoms with van der Waals surface area (Å²) in [5.41, 5.74) is 6.99. The molecule has 0 aliphatic carbocycles. The quantitative estimate of drug-likeness (QED) is 0.710. The molecule has 1 amide bonds. The molecule has 110 valence electrons. The van der Waals surface area contributed by atoms with Gasteiger partial charge in [0.15, 0.2) is 0 Å². The third-order valence-corrected chi connectivity index (χ3v) is 2.99. The second-order valence-electron chi connectivity index (χ2n) is 5.32. The van der Waals surface area contributed by atoms with Gasteiger partial charge in [-0.05, 0) is 30.0 Å². The van der Waals surface area contributed by atoms with Crippen LogP contribution >= 0.6 is 0 Å². The van der Waals surface area contributed by atoms with Crippen LogP contribution in [-0.2, 0) is 16.0 Å². The molecule has 0 aliphatic rings. The SMILES string of the molecule is CC(C)CC(CN)C(=O)Nc1ccc(CC(=O)O)cc1. The van der Waals surface area contributed by atoms with Crippen LogP contribution in [0.1, 0.15) is 25.8 Å². The van der Waals surface area contributed by atoms with Crippen molar-refractivity contribution in [2.75, 3.05) is 11.9 Å². The molecule has 1 unspecified atom stereocenters. The van der Waals surface area contributed by atoms with Crippen LogP contribution < -0.4 is 11.1 Å². The maximum atomic E-state index is 12.1. The second kappa shape index (κ2) is 7.65. The monoisotopic (exact) mass is 278 g/mol. The predicted molar refractivity (Wildman–Crippen MR) is 78.4 cm³/mol. The van der Waals surface area contributed by atoms with Gasteiger partial charge >= 0.3 is 5.97 Å². The maximum Gasteiger partial charge on any atom is 0.307 e. The average molecular weight is 278 g/mol. The summed E-state index contributed by atoms with van der Waals surface area (Å²) in [6, 6.07) is 6.81. The molecule has 1 atom stereocenters. The fourth-order valence-corrected chi connectivity index (χ4v) is 2.00. The third kappa shape index (κ3) is 5.40. The van der Waals surface area contributed by atoms with E-state index in [4.69, 9.17) is 10.8 Å². The Hall–Kier alpha value is -1.88. The zero-order chi connectivity index (χ0) is 15.1. The second-order valence-corrected chi connectivity index (χ2v) is 5.32. The predicted octanol–water partition coefficient (Wildman–Crippen LogP) is 1.87. The van der Waals surface area contributed by atoms with E-state index >= 15 is 0 Å². The zero-order valence-corrected chi connectivity index (χ0v) is 11.9. The van der Waals surface area contributed by atoms with Gasteiger partial charge in [-0.2, -0.15) is 0 Å². The normalized spacial score (nSPS) is 12.2. The minimum Gasteiger partial charge on any atom is -0.481 e. The van der Waals surface area contributed by atoms with E-state index in [1.807, 2.05) is 0 Å². The number of rotatable bonds is 7. The minimum absolute atomic E-state index is 0.0208. The maximum absolute atomic E-state index is 12.1. The van der Waals surface area contributed by atoms with Crippen LogP contribution in [0.5, 0.6) is 0 Å². The van der Waals surface area contributed by atoms with Crippen LogP contribution in [-0.4, -0.2) is 23.5 Å². The topological polar surface area (TPSA) is 92.4 Å². The zero-order valence-electron chi connectivity index (χ0n) is 11.9. The van der Waals surface area contributed by atoms with Gasteiger partial charge in [-0.3, -0.25) is 9.59 Å². The van der Waals surface area contributed by atoms with E-state index in [0.29, 0.717) is 23.7 Å². The summed E-state index contributed by atoms with van der Waals surface area (Å²) in [5, 5.41) is 11.5. The fourth-order valence-electron chi connectivity index (χ4n) is 2.00. The van der Waals surface area contributed by atoms with Gasteiger partial charge < -0.3 is 16.2 Å². The number of hydrogen-bond donors (Lipinski definition) is 3. The highest BCUT2D eigenvalue weighted by molar-refractivity contribution is 5.92. The molecule has 1 aromatic carbocycles. The van der Waals surface area contributed by atoms with Crippen LogP contribution in [0.2, 0.25) is 0 Å². The van der Waals surface area contributed by atoms with Crippen molar-refractivity contribution < 1.29 is 14.7 Å². The number of nitrogens with two attached hydrogens (primary N) is 1. The van der Waals surface area contributed by atoms with E-state index in [9.17, 15) is 9.59 Å². The number of anilines is 1. The van der Waals surface area contributed by atoms with E-state index in [-0.39, 0.29) is 18.2 Å². The van der Waals surface area contributed by atoms with Crippen molar-refractivity contribution >= 4 is 17.6 Å². The Morgan fingerprint density at radius 2 is 1.85 bits per heavy atom. The largest absolute Gasteiger partial charge is 0.481 e. The summed E-state index contributed by atoms with van der Waals surface area (Å²) >= 11 is 0. The molecule has 5 heteroatoms. The number of hydrogen-bond acceptors (Lipinski definition) is 3. The van der Waals surface area contributed by atoms with Gasteiger partial charge in [-0.1, -0.05) is 26.0 Å². The molecular formula is C15H22N2O3. The molecule has 0 saturated carbocycles. The van der Waals surface area contributed by atoms with E-state index in [1.54, 1.807) is 24.3 Å². The lowest BCUT2D eigenvalue weighted by molar-refractivity contribution is -0.136. The number of carbonyl (C=O) groups is 2. The smallest absolute Gasteiger partial charge is 0.307 e. The number of amides is 1. The van der Waals surface area contributed by atoms with Crippen molar-refractivity contribution in [2.24, 2.45) is 17.6 Å². The van der Waals surface area contributed by atoms with Gasteiger partial charge in [0, 0.05) is 12.2 Å². The number of carbonyl (C=O) groups excluding carboxylic acids is 1. The van der Waals surface area contributed by atoms with Crippen molar-refractivity contribution in [1.82, 2.24) is 0 Å². The van der Waals surface area contributed by atoms with Gasteiger partial charge in [0.1, 0.15) is 0 Å². The Kier molecular flexibility index (Phi) is 6.18. The Balaban J connectivity index is 2.63. The number of nitrogens with one attached hydrogen (secondary N) is 1. The highest BCUT2D eigenvalue weighted by Crippen LogP contribution is 2.15. The molecule has 4 N–H and O–H groups in total. The number of carboxylic acid groups (broad SMARTS) is 1. The minimum atomic E-state index is -0.873. The Morgan fingerprint density at radius 1 is 1.25 bits per heavy atom. The molecule has 0 saturated heterocycles. The number of benzene rings is 1. The van der Waals surface area contributed by atoms with Crippen LogP contribution in [0, 0.1) is 11.8 Å². The Labute approximate surface area is 119 Å². The average Bonchev–Trinajstić information content (AvgIpc) is 2.37. The molecule has 0 aromatic heterocycles. The molecule has 0 spiro atoms. The van der Waals surface area contributed by atoms with Crippen molar-refractivity contribution in [1.29, 1.82) is 0 Å². The Morgan fingerprint density at radius 3 is 2.30 bits per heavy atom. The lowest BCUT2D eigenvalue weighted by Gasteiger charge is -2.16. The van der Waals surface area contributed by atoms with Crippen LogP contribution in [0.4, 0.5) is 5.69 Å². The molecule has 20 heavy (non-hydrogen) atoms. The fraction of sp³-hybridized carbons (Fsp3) is 0.467. The molecule has 0 bridgehead atoms. The van der Waals surface area contributed by atoms with E-state index in [2.05, 4.69) is 19.2 Å². The van der Waals surface area contributed by atoms with E-state index in [1.165, 1.54) is 0 Å². The lowest BCUT2D eigenvalue weighted by atomic mass is 9.96. The molecule has 0 aliphatic heterocycles. The summed E-state index contributed by atoms with van der Waals surface area (Å²) in [6.07, 6.45) is 0.729. The van der Waals surface area contributed by atoms with Gasteiger partial charge in [0.2, 0.25) is 5.91 Å². The number of carboxylic acids is 1. The first kappa shape index (κ1) is 16.2. The van der Waals surface area contributed by atoms with Crippen LogP contribution in [0.25, 0.3) is 0 Å². The van der Waals surface area contributed by atoms with Crippen LogP contribution in [0.15, 0.2) is 24.3 Å². The molecule has 0 radical (unpaired) electrons. The first-order valence-corrected chi connectivity index (χ1v) is 6.74. The summed E-state index contributed by atoms with van der Waals surface area (Å²) in [6.45, 7) is 4.42. The standard InChI is InChI=1S/C15H22N2O3/c1-10(2)7-12(9-16)15(20)17-13-5-3-11(4-6-13)8-14(18)19/h3-6,10,12H,7-9,16H2,1-2H3,(H,17,20)(H,18,19). The van der Waals surface area contributed by atoms with Gasteiger partial charge in [-0.25, -0.2) is 0 Å². The molecule has 1 aromatic rings. The van der Waals surface area contributed by atoms with Crippen molar-refractivity contribution in [2.45, 2.75) is 26.7 Å². The molecule has 0 fully saturated rings. The van der Waals surface area contributed by atoms with Crippen LogP contribution in [0.3, 0.4) is 0 Å². The van der Waals surface area contributed by atoms with Gasteiger partial charge in [-0.15, -0.1) is 0 Å². The third-order valence-electron chi connectivity index (χ3n) is 2.99. The summed E-state index contributed by atoms with van der Waals surface area (Å²) in [5.74, 6) is -0.755. The van der Waals surface area contributed by atoms with E-state index in [0.717, 1.165) is 6.42 Å².